The Balaban J connectivity index is 4.49. The maximum Gasteiger partial charge on any atom is 0.362 e. The average molecular weight is 260 g/mol. The molecule has 4 nitrogen and oxygen atoms in total. The number of carbonyl (C=O) groups is 1. The predicted molar refractivity (Wildman–Crippen MR) is 69.9 cm³/mol. The van der Waals surface area contributed by atoms with E-state index < -0.39 is 14.2 Å². The molecule has 0 amide bonds. The number of hydrogen-bond acceptors (Lipinski definition) is 4. The third-order valence-electron chi connectivity index (χ3n) is 1.79. The molecular weight excluding hydrogens is 236 g/mol. The van der Waals surface area contributed by atoms with Gasteiger partial charge in [-0.05, 0) is 46.9 Å². The van der Waals surface area contributed by atoms with Crippen molar-refractivity contribution >= 4 is 14.5 Å². The van der Waals surface area contributed by atoms with Gasteiger partial charge in [0.05, 0.1) is 0 Å². The topological polar surface area (TPSA) is 44.8 Å². The number of rotatable bonds is 6. The van der Waals surface area contributed by atoms with Gasteiger partial charge in [0.25, 0.3) is 0 Å². The summed E-state index contributed by atoms with van der Waals surface area (Å²) < 4.78 is 16.3. The Morgan fingerprint density at radius 3 is 2.00 bits per heavy atom. The first-order valence-electron chi connectivity index (χ1n) is 5.92. The summed E-state index contributed by atoms with van der Waals surface area (Å²) in [5, 5.41) is 0. The lowest BCUT2D eigenvalue weighted by Crippen LogP contribution is -2.37. The van der Waals surface area contributed by atoms with Crippen molar-refractivity contribution in [2.75, 3.05) is 13.2 Å². The third-order valence-corrected chi connectivity index (χ3v) is 4.29. The van der Waals surface area contributed by atoms with Gasteiger partial charge in [-0.25, -0.2) is 4.79 Å². The summed E-state index contributed by atoms with van der Waals surface area (Å²) in [4.78, 5) is 11.5. The second kappa shape index (κ2) is 6.93. The smallest absolute Gasteiger partial charge is 0.362 e. The summed E-state index contributed by atoms with van der Waals surface area (Å²) in [5.74, 6) is -0.365. The number of hydrogen-bond donors (Lipinski definition) is 0. The highest BCUT2D eigenvalue weighted by molar-refractivity contribution is 6.71. The van der Waals surface area contributed by atoms with Crippen LogP contribution >= 0.6 is 0 Å². The molecule has 0 rings (SSSR count). The van der Waals surface area contributed by atoms with E-state index in [1.807, 2.05) is 41.2 Å². The zero-order valence-electron chi connectivity index (χ0n) is 11.7. The minimum absolute atomic E-state index is 0.365. The minimum Gasteiger partial charge on any atom is -0.457 e. The Kier molecular flexibility index (Phi) is 6.67. The first kappa shape index (κ1) is 16.3. The molecule has 17 heavy (non-hydrogen) atoms. The van der Waals surface area contributed by atoms with Gasteiger partial charge in [0.2, 0.25) is 0 Å². The van der Waals surface area contributed by atoms with Crippen LogP contribution in [0.1, 0.15) is 34.6 Å². The van der Waals surface area contributed by atoms with E-state index >= 15 is 0 Å². The van der Waals surface area contributed by atoms with Gasteiger partial charge in [-0.15, -0.1) is 0 Å². The van der Waals surface area contributed by atoms with Gasteiger partial charge in [-0.3, -0.25) is 0 Å². The van der Waals surface area contributed by atoms with Gasteiger partial charge in [0.1, 0.15) is 5.60 Å². The zero-order valence-corrected chi connectivity index (χ0v) is 12.7. The fraction of sp³-hybridized carbons (Fsp3) is 0.750. The van der Waals surface area contributed by atoms with Gasteiger partial charge >= 0.3 is 14.5 Å². The quantitative estimate of drug-likeness (QED) is 0.418. The average Bonchev–Trinajstić information content (AvgIpc) is 2.13. The second-order valence-corrected chi connectivity index (χ2v) is 7.69. The van der Waals surface area contributed by atoms with Gasteiger partial charge in [0.15, 0.2) is 0 Å². The molecule has 0 radical (unpaired) electrons. The molecule has 0 atom stereocenters. The number of carbonyl (C=O) groups excluding carboxylic acids is 1. The van der Waals surface area contributed by atoms with E-state index in [1.54, 1.807) is 5.70 Å². The summed E-state index contributed by atoms with van der Waals surface area (Å²) in [7, 11) is -2.37. The molecular formula is C12H24O4Si. The standard InChI is InChI=1S/C12H24O4Si/c1-7-14-17(6,15-8-2)10-9-11(13)16-12(3,4)5/h9-10H,7-8H2,1-6H3/b10-9+. The van der Waals surface area contributed by atoms with Gasteiger partial charge in [-0.2, -0.15) is 0 Å². The first-order chi connectivity index (χ1) is 7.72. The van der Waals surface area contributed by atoms with E-state index in [9.17, 15) is 4.79 Å². The molecule has 0 heterocycles. The lowest BCUT2D eigenvalue weighted by Gasteiger charge is -2.22. The summed E-state index contributed by atoms with van der Waals surface area (Å²) in [5.41, 5.74) is 1.24. The molecule has 0 aromatic heterocycles. The highest BCUT2D eigenvalue weighted by Gasteiger charge is 2.28. The van der Waals surface area contributed by atoms with Crippen LogP contribution in [-0.2, 0) is 18.4 Å². The van der Waals surface area contributed by atoms with Crippen LogP contribution in [0.2, 0.25) is 6.55 Å². The molecule has 0 aliphatic rings. The van der Waals surface area contributed by atoms with Crippen LogP contribution in [0.4, 0.5) is 0 Å². The van der Waals surface area contributed by atoms with Crippen molar-refractivity contribution in [3.63, 3.8) is 0 Å². The zero-order chi connectivity index (χ0) is 13.5. The molecule has 0 aliphatic carbocycles. The fourth-order valence-electron chi connectivity index (χ4n) is 1.27. The van der Waals surface area contributed by atoms with Gasteiger partial charge < -0.3 is 13.6 Å². The third kappa shape index (κ3) is 8.12. The van der Waals surface area contributed by atoms with Crippen LogP contribution in [0, 0.1) is 0 Å². The molecule has 0 bridgehead atoms. The molecule has 0 spiro atoms. The van der Waals surface area contributed by atoms with Crippen LogP contribution in [-0.4, -0.2) is 33.3 Å². The van der Waals surface area contributed by atoms with E-state index in [0.717, 1.165) is 0 Å². The van der Waals surface area contributed by atoms with Crippen molar-refractivity contribution in [3.8, 4) is 0 Å². The van der Waals surface area contributed by atoms with E-state index in [0.29, 0.717) is 13.2 Å². The highest BCUT2D eigenvalue weighted by Crippen LogP contribution is 2.11. The maximum absolute atomic E-state index is 11.5. The van der Waals surface area contributed by atoms with E-state index in [2.05, 4.69) is 0 Å². The van der Waals surface area contributed by atoms with Crippen LogP contribution in [0.15, 0.2) is 11.8 Å². The normalized spacial score (nSPS) is 13.1. The lowest BCUT2D eigenvalue weighted by molar-refractivity contribution is -0.148. The van der Waals surface area contributed by atoms with Crippen molar-refractivity contribution in [1.29, 1.82) is 0 Å². The molecule has 0 saturated carbocycles. The minimum atomic E-state index is -2.37. The SMILES string of the molecule is CCO[Si](C)(/C=C/C(=O)OC(C)(C)C)OCC. The number of ether oxygens (including phenoxy) is 1. The molecule has 0 saturated heterocycles. The Morgan fingerprint density at radius 2 is 1.65 bits per heavy atom. The van der Waals surface area contributed by atoms with Crippen molar-refractivity contribution in [1.82, 2.24) is 0 Å². The second-order valence-electron chi connectivity index (χ2n) is 4.75. The van der Waals surface area contributed by atoms with E-state index in [-0.39, 0.29) is 5.97 Å². The highest BCUT2D eigenvalue weighted by atomic mass is 28.4. The Morgan fingerprint density at radius 1 is 1.18 bits per heavy atom. The molecule has 0 aromatic rings. The van der Waals surface area contributed by atoms with Crippen LogP contribution in [0.3, 0.4) is 0 Å². The molecule has 100 valence electrons. The molecule has 0 aromatic carbocycles. The van der Waals surface area contributed by atoms with Crippen molar-refractivity contribution in [3.05, 3.63) is 11.8 Å². The Bertz CT molecular complexity index is 262. The van der Waals surface area contributed by atoms with E-state index in [4.69, 9.17) is 13.6 Å². The summed E-state index contributed by atoms with van der Waals surface area (Å²) in [6.07, 6.45) is 1.41. The fourth-order valence-corrected chi connectivity index (χ4v) is 3.13. The molecule has 0 unspecified atom stereocenters. The molecule has 0 N–H and O–H groups in total. The van der Waals surface area contributed by atoms with Crippen LogP contribution < -0.4 is 0 Å². The summed E-state index contributed by atoms with van der Waals surface area (Å²) in [6, 6.07) is 0. The number of esters is 1. The monoisotopic (exact) mass is 260 g/mol. The molecule has 5 heteroatoms. The Labute approximate surface area is 105 Å². The molecule has 0 aliphatic heterocycles. The summed E-state index contributed by atoms with van der Waals surface area (Å²) >= 11 is 0. The Hall–Kier alpha value is -0.653. The largest absolute Gasteiger partial charge is 0.457 e. The van der Waals surface area contributed by atoms with E-state index in [1.165, 1.54) is 6.08 Å². The van der Waals surface area contributed by atoms with Crippen molar-refractivity contribution in [2.45, 2.75) is 46.8 Å². The predicted octanol–water partition coefficient (Wildman–Crippen LogP) is 2.57. The first-order valence-corrected chi connectivity index (χ1v) is 8.32. The van der Waals surface area contributed by atoms with Gasteiger partial charge in [0, 0.05) is 19.3 Å². The van der Waals surface area contributed by atoms with Crippen LogP contribution in [0.5, 0.6) is 0 Å². The summed E-state index contributed by atoms with van der Waals surface area (Å²) in [6.45, 7) is 12.4. The lowest BCUT2D eigenvalue weighted by atomic mass is 10.2. The van der Waals surface area contributed by atoms with Crippen LogP contribution in [0.25, 0.3) is 0 Å². The maximum atomic E-state index is 11.5. The van der Waals surface area contributed by atoms with Crippen molar-refractivity contribution in [2.24, 2.45) is 0 Å². The molecule has 0 fully saturated rings. The van der Waals surface area contributed by atoms with Gasteiger partial charge in [-0.1, -0.05) is 0 Å². The van der Waals surface area contributed by atoms with Crippen molar-refractivity contribution < 1.29 is 18.4 Å².